The van der Waals surface area contributed by atoms with Crippen LogP contribution in [0, 0.1) is 16.4 Å². The Bertz CT molecular complexity index is 1170. The minimum Gasteiger partial charge on any atom is -0.465 e. The number of aromatic amines is 1. The minimum atomic E-state index is -0.538. The molecule has 0 amide bonds. The van der Waals surface area contributed by atoms with Crippen molar-refractivity contribution in [2.45, 2.75) is 38.3 Å². The third kappa shape index (κ3) is 4.97. The third-order valence-corrected chi connectivity index (χ3v) is 6.22. The highest BCUT2D eigenvalue weighted by molar-refractivity contribution is 7.71. The summed E-state index contributed by atoms with van der Waals surface area (Å²) in [5, 5.41) is 3.39. The maximum atomic E-state index is 14.0. The fraction of sp³-hybridized carbons (Fsp3) is 0.333. The molecule has 3 aromatic rings. The van der Waals surface area contributed by atoms with Crippen molar-refractivity contribution in [3.05, 3.63) is 86.9 Å². The van der Waals surface area contributed by atoms with Gasteiger partial charge in [-0.25, -0.2) is 13.6 Å². The van der Waals surface area contributed by atoms with Crippen LogP contribution in [-0.4, -0.2) is 29.2 Å². The number of imidazole rings is 1. The number of ether oxygens (including phenoxy) is 1. The number of fused-ring (bicyclic) bond motifs is 1. The van der Waals surface area contributed by atoms with Gasteiger partial charge in [0.2, 0.25) is 0 Å². The number of nitrogens with one attached hydrogen (secondary N) is 2. The average molecular weight is 458 g/mol. The lowest BCUT2D eigenvalue weighted by Crippen LogP contribution is -2.20. The number of carbonyl (C=O) groups is 1. The minimum absolute atomic E-state index is 0.0783. The second-order valence-electron chi connectivity index (χ2n) is 8.03. The molecule has 0 bridgehead atoms. The Morgan fingerprint density at radius 2 is 2.06 bits per heavy atom. The molecule has 32 heavy (non-hydrogen) atoms. The van der Waals surface area contributed by atoms with E-state index >= 15 is 0 Å². The van der Waals surface area contributed by atoms with Crippen LogP contribution in [0.4, 0.5) is 8.78 Å². The van der Waals surface area contributed by atoms with E-state index in [-0.39, 0.29) is 12.0 Å². The number of rotatable bonds is 7. The van der Waals surface area contributed by atoms with Gasteiger partial charge in [0.15, 0.2) is 4.77 Å². The predicted molar refractivity (Wildman–Crippen MR) is 120 cm³/mol. The number of carbonyl (C=O) groups excluding carboxylic acids is 1. The Morgan fingerprint density at radius 1 is 1.28 bits per heavy atom. The van der Waals surface area contributed by atoms with Gasteiger partial charge in [-0.2, -0.15) is 0 Å². The summed E-state index contributed by atoms with van der Waals surface area (Å²) < 4.78 is 35.0. The first-order valence-electron chi connectivity index (χ1n) is 10.6. The lowest BCUT2D eigenvalue weighted by molar-refractivity contribution is 0.0600. The molecule has 0 unspecified atom stereocenters. The Labute approximate surface area is 190 Å². The topological polar surface area (TPSA) is 59.0 Å². The Kier molecular flexibility index (Phi) is 6.81. The molecule has 0 aliphatic heterocycles. The van der Waals surface area contributed by atoms with Gasteiger partial charge in [-0.05, 0) is 79.3 Å². The lowest BCUT2D eigenvalue weighted by Gasteiger charge is -2.26. The zero-order valence-corrected chi connectivity index (χ0v) is 18.6. The van der Waals surface area contributed by atoms with Gasteiger partial charge in [0, 0.05) is 30.5 Å². The van der Waals surface area contributed by atoms with Crippen LogP contribution < -0.4 is 5.32 Å². The van der Waals surface area contributed by atoms with Crippen LogP contribution in [0.3, 0.4) is 0 Å². The number of nitrogens with zero attached hydrogens (tertiary/aromatic N) is 1. The van der Waals surface area contributed by atoms with Crippen LogP contribution in [0.25, 0.3) is 0 Å². The summed E-state index contributed by atoms with van der Waals surface area (Å²) in [7, 11) is 1.37. The molecule has 2 N–H and O–H groups in total. The highest BCUT2D eigenvalue weighted by atomic mass is 32.1. The summed E-state index contributed by atoms with van der Waals surface area (Å²) in [6.07, 6.45) is 4.70. The van der Waals surface area contributed by atoms with E-state index in [2.05, 4.69) is 10.3 Å². The summed E-state index contributed by atoms with van der Waals surface area (Å²) in [6.45, 7) is 1.39. The van der Waals surface area contributed by atoms with Gasteiger partial charge in [-0.1, -0.05) is 12.1 Å². The first kappa shape index (κ1) is 22.4. The van der Waals surface area contributed by atoms with Crippen LogP contribution in [0.15, 0.2) is 42.6 Å². The van der Waals surface area contributed by atoms with Crippen molar-refractivity contribution in [2.24, 2.45) is 0 Å². The predicted octanol–water partition coefficient (Wildman–Crippen LogP) is 4.67. The Morgan fingerprint density at radius 3 is 2.81 bits per heavy atom. The number of methoxy groups -OCH3 is 1. The second kappa shape index (κ2) is 9.75. The zero-order valence-electron chi connectivity index (χ0n) is 17.8. The van der Waals surface area contributed by atoms with E-state index in [1.807, 2.05) is 22.9 Å². The molecule has 0 radical (unpaired) electrons. The fourth-order valence-corrected chi connectivity index (χ4v) is 4.56. The van der Waals surface area contributed by atoms with E-state index in [9.17, 15) is 13.6 Å². The molecule has 1 aliphatic rings. The summed E-state index contributed by atoms with van der Waals surface area (Å²) in [6, 6.07) is 9.83. The van der Waals surface area contributed by atoms with Gasteiger partial charge in [0.25, 0.3) is 0 Å². The monoisotopic (exact) mass is 457 g/mol. The van der Waals surface area contributed by atoms with Crippen molar-refractivity contribution >= 4 is 18.2 Å². The maximum Gasteiger partial charge on any atom is 0.337 e. The van der Waals surface area contributed by atoms with E-state index in [4.69, 9.17) is 17.0 Å². The summed E-state index contributed by atoms with van der Waals surface area (Å²) in [4.78, 5) is 14.7. The van der Waals surface area contributed by atoms with Crippen molar-refractivity contribution in [1.29, 1.82) is 0 Å². The summed E-state index contributed by atoms with van der Waals surface area (Å²) in [5.41, 5.74) is 3.96. The molecular weight excluding hydrogens is 432 g/mol. The Hall–Kier alpha value is -2.84. The van der Waals surface area contributed by atoms with Gasteiger partial charge in [-0.3, -0.25) is 0 Å². The first-order valence-corrected chi connectivity index (χ1v) is 11.0. The van der Waals surface area contributed by atoms with Crippen LogP contribution in [0.5, 0.6) is 0 Å². The molecule has 0 fully saturated rings. The number of benzene rings is 2. The van der Waals surface area contributed by atoms with Gasteiger partial charge in [0.05, 0.1) is 12.7 Å². The van der Waals surface area contributed by atoms with E-state index in [1.54, 1.807) is 12.1 Å². The van der Waals surface area contributed by atoms with Gasteiger partial charge in [-0.15, -0.1) is 0 Å². The molecule has 5 nitrogen and oxygen atoms in total. The SMILES string of the molecule is COC(=O)c1ccc(CCNCc2cn([C@H]3CCc4c(F)cc(F)cc4C3)c(=S)[nH]2)cc1. The number of H-pyrrole nitrogens is 1. The largest absolute Gasteiger partial charge is 0.465 e. The van der Waals surface area contributed by atoms with Gasteiger partial charge < -0.3 is 19.6 Å². The first-order chi connectivity index (χ1) is 15.4. The number of esters is 1. The van der Waals surface area contributed by atoms with Crippen LogP contribution in [0.2, 0.25) is 0 Å². The summed E-state index contributed by atoms with van der Waals surface area (Å²) in [5.74, 6) is -1.34. The molecule has 4 rings (SSSR count). The molecule has 0 saturated heterocycles. The van der Waals surface area contributed by atoms with Crippen LogP contribution in [-0.2, 0) is 30.5 Å². The number of hydrogen-bond donors (Lipinski definition) is 2. The summed E-state index contributed by atoms with van der Waals surface area (Å²) >= 11 is 5.50. The molecule has 8 heteroatoms. The van der Waals surface area contributed by atoms with Crippen molar-refractivity contribution < 1.29 is 18.3 Å². The van der Waals surface area contributed by atoms with Crippen LogP contribution in [0.1, 0.15) is 45.2 Å². The molecule has 1 atom stereocenters. The average Bonchev–Trinajstić information content (AvgIpc) is 3.16. The molecule has 1 aliphatic carbocycles. The third-order valence-electron chi connectivity index (χ3n) is 5.91. The molecule has 0 spiro atoms. The normalized spacial score (nSPS) is 15.4. The van der Waals surface area contributed by atoms with Gasteiger partial charge in [0.1, 0.15) is 11.6 Å². The quantitative estimate of drug-likeness (QED) is 0.308. The van der Waals surface area contributed by atoms with Crippen molar-refractivity contribution in [1.82, 2.24) is 14.9 Å². The van der Waals surface area contributed by atoms with E-state index in [0.717, 1.165) is 42.3 Å². The highest BCUT2D eigenvalue weighted by Crippen LogP contribution is 2.31. The molecule has 1 aromatic heterocycles. The number of halogens is 2. The number of hydrogen-bond acceptors (Lipinski definition) is 4. The lowest BCUT2D eigenvalue weighted by atomic mass is 9.87. The Balaban J connectivity index is 1.32. The molecule has 2 aromatic carbocycles. The fourth-order valence-electron chi connectivity index (χ4n) is 4.23. The molecule has 0 saturated carbocycles. The van der Waals surface area contributed by atoms with Crippen molar-refractivity contribution in [3.63, 3.8) is 0 Å². The van der Waals surface area contributed by atoms with Gasteiger partial charge >= 0.3 is 5.97 Å². The maximum absolute atomic E-state index is 14.0. The number of aromatic nitrogens is 2. The standard InChI is InChI=1S/C24H25F2N3O2S/c1-31-23(30)16-4-2-15(3-5-16)8-9-27-13-19-14-29(24(32)28-19)20-6-7-21-17(11-20)10-18(25)12-22(21)26/h2-5,10,12,14,20,27H,6-9,11,13H2,1H3,(H,28,32)/t20-/m0/s1. The van der Waals surface area contributed by atoms with E-state index in [0.29, 0.717) is 35.3 Å². The smallest absolute Gasteiger partial charge is 0.337 e. The molecular formula is C24H25F2N3O2S. The van der Waals surface area contributed by atoms with E-state index in [1.165, 1.54) is 13.2 Å². The highest BCUT2D eigenvalue weighted by Gasteiger charge is 2.24. The van der Waals surface area contributed by atoms with E-state index < -0.39 is 11.6 Å². The molecule has 1 heterocycles. The molecule has 168 valence electrons. The van der Waals surface area contributed by atoms with Crippen molar-refractivity contribution in [2.75, 3.05) is 13.7 Å². The van der Waals surface area contributed by atoms with Crippen molar-refractivity contribution in [3.8, 4) is 0 Å². The second-order valence-corrected chi connectivity index (χ2v) is 8.42. The zero-order chi connectivity index (χ0) is 22.7. The van der Waals surface area contributed by atoms with Crippen LogP contribution >= 0.6 is 12.2 Å².